The predicted octanol–water partition coefficient (Wildman–Crippen LogP) is 3.77. The molecular weight excluding hydrogens is 380 g/mol. The minimum atomic E-state index is 0.00465. The van der Waals surface area contributed by atoms with E-state index in [1.165, 1.54) is 0 Å². The highest BCUT2D eigenvalue weighted by atomic mass is 16.5. The summed E-state index contributed by atoms with van der Waals surface area (Å²) >= 11 is 0. The average Bonchev–Trinajstić information content (AvgIpc) is 3.07. The van der Waals surface area contributed by atoms with E-state index in [-0.39, 0.29) is 11.8 Å². The molecule has 0 atom stereocenters. The number of nitrogens with one attached hydrogen (secondary N) is 1. The van der Waals surface area contributed by atoms with E-state index in [0.717, 1.165) is 59.8 Å². The quantitative estimate of drug-likeness (QED) is 0.669. The zero-order valence-corrected chi connectivity index (χ0v) is 17.8. The van der Waals surface area contributed by atoms with Gasteiger partial charge in [-0.1, -0.05) is 18.2 Å². The van der Waals surface area contributed by atoms with Crippen LogP contribution in [-0.4, -0.2) is 35.6 Å². The van der Waals surface area contributed by atoms with Crippen LogP contribution in [0.1, 0.15) is 36.7 Å². The van der Waals surface area contributed by atoms with Gasteiger partial charge in [0.1, 0.15) is 23.7 Å². The molecule has 2 aromatic heterocycles. The summed E-state index contributed by atoms with van der Waals surface area (Å²) < 4.78 is 11.4. The maximum atomic E-state index is 12.7. The summed E-state index contributed by atoms with van der Waals surface area (Å²) in [6, 6.07) is 7.83. The molecule has 1 N–H and O–H groups in total. The number of amides is 1. The Bertz CT molecular complexity index is 1040. The van der Waals surface area contributed by atoms with Crippen LogP contribution >= 0.6 is 0 Å². The maximum absolute atomic E-state index is 12.7. The summed E-state index contributed by atoms with van der Waals surface area (Å²) in [6.07, 6.45) is 3.13. The van der Waals surface area contributed by atoms with Crippen molar-refractivity contribution >= 4 is 22.8 Å². The second-order valence-corrected chi connectivity index (χ2v) is 7.68. The van der Waals surface area contributed by atoms with Crippen LogP contribution in [0.25, 0.3) is 11.1 Å². The van der Waals surface area contributed by atoms with Gasteiger partial charge in [-0.25, -0.2) is 9.97 Å². The Morgan fingerprint density at radius 1 is 1.23 bits per heavy atom. The van der Waals surface area contributed by atoms with E-state index in [0.29, 0.717) is 18.9 Å². The third-order valence-corrected chi connectivity index (χ3v) is 5.84. The molecule has 7 heteroatoms. The molecule has 1 aromatic carbocycles. The fraction of sp³-hybridized carbons (Fsp3) is 0.435. The number of ether oxygens (including phenoxy) is 1. The minimum Gasteiger partial charge on any atom is -0.494 e. The van der Waals surface area contributed by atoms with Crippen LogP contribution < -0.4 is 15.0 Å². The van der Waals surface area contributed by atoms with Gasteiger partial charge in [-0.15, -0.1) is 0 Å². The highest BCUT2D eigenvalue weighted by Gasteiger charge is 2.27. The second-order valence-electron chi connectivity index (χ2n) is 7.68. The number of para-hydroxylation sites is 1. The van der Waals surface area contributed by atoms with Crippen LogP contribution in [0.5, 0.6) is 5.75 Å². The zero-order chi connectivity index (χ0) is 21.1. The first kappa shape index (κ1) is 20.2. The van der Waals surface area contributed by atoms with Gasteiger partial charge in [0.25, 0.3) is 0 Å². The van der Waals surface area contributed by atoms with Crippen molar-refractivity contribution in [1.82, 2.24) is 15.3 Å². The number of hydrogen-bond donors (Lipinski definition) is 1. The fourth-order valence-electron chi connectivity index (χ4n) is 4.03. The Morgan fingerprint density at radius 3 is 2.77 bits per heavy atom. The molecule has 0 spiro atoms. The molecule has 7 nitrogen and oxygen atoms in total. The summed E-state index contributed by atoms with van der Waals surface area (Å²) in [5.41, 5.74) is 2.70. The van der Waals surface area contributed by atoms with Crippen LogP contribution in [0.3, 0.4) is 0 Å². The topological polar surface area (TPSA) is 80.5 Å². The molecule has 3 aromatic rings. The molecule has 0 unspecified atom stereocenters. The van der Waals surface area contributed by atoms with Crippen molar-refractivity contribution in [2.24, 2.45) is 5.92 Å². The van der Waals surface area contributed by atoms with E-state index >= 15 is 0 Å². The normalized spacial score (nSPS) is 14.8. The number of piperidine rings is 1. The molecule has 0 aliphatic carbocycles. The predicted molar refractivity (Wildman–Crippen MR) is 116 cm³/mol. The minimum absolute atomic E-state index is 0.00465. The molecule has 1 saturated heterocycles. The van der Waals surface area contributed by atoms with Gasteiger partial charge in [0.15, 0.2) is 0 Å². The third kappa shape index (κ3) is 3.97. The molecule has 1 aliphatic rings. The van der Waals surface area contributed by atoms with Gasteiger partial charge < -0.3 is 19.4 Å². The molecule has 1 amide bonds. The molecular formula is C23H28N4O3. The number of fused-ring (bicyclic) bond motifs is 1. The Morgan fingerprint density at radius 2 is 2.00 bits per heavy atom. The van der Waals surface area contributed by atoms with Crippen molar-refractivity contribution in [3.05, 3.63) is 47.5 Å². The number of furan rings is 1. The summed E-state index contributed by atoms with van der Waals surface area (Å²) in [5, 5.41) is 4.06. The van der Waals surface area contributed by atoms with Crippen LogP contribution in [0.2, 0.25) is 0 Å². The van der Waals surface area contributed by atoms with E-state index < -0.39 is 0 Å². The molecule has 0 bridgehead atoms. The van der Waals surface area contributed by atoms with E-state index in [9.17, 15) is 4.79 Å². The molecule has 30 heavy (non-hydrogen) atoms. The van der Waals surface area contributed by atoms with E-state index in [1.807, 2.05) is 45.0 Å². The Kier molecular flexibility index (Phi) is 5.88. The molecule has 3 heterocycles. The number of aryl methyl sites for hydroxylation is 2. The third-order valence-electron chi connectivity index (χ3n) is 5.84. The summed E-state index contributed by atoms with van der Waals surface area (Å²) in [5.74, 6) is 2.70. The van der Waals surface area contributed by atoms with E-state index in [4.69, 9.17) is 9.15 Å². The lowest BCUT2D eigenvalue weighted by molar-refractivity contribution is -0.125. The number of hydrogen-bond acceptors (Lipinski definition) is 6. The van der Waals surface area contributed by atoms with Crippen LogP contribution in [0.15, 0.2) is 35.0 Å². The molecule has 1 fully saturated rings. The van der Waals surface area contributed by atoms with E-state index in [1.54, 1.807) is 6.33 Å². The van der Waals surface area contributed by atoms with E-state index in [2.05, 4.69) is 20.2 Å². The van der Waals surface area contributed by atoms with Gasteiger partial charge in [-0.3, -0.25) is 4.79 Å². The lowest BCUT2D eigenvalue weighted by Crippen LogP contribution is -2.40. The number of anilines is 1. The lowest BCUT2D eigenvalue weighted by atomic mass is 9.95. The Labute approximate surface area is 176 Å². The number of carbonyl (C=O) groups excluding carboxylic acids is 1. The van der Waals surface area contributed by atoms with Gasteiger partial charge in [-0.2, -0.15) is 0 Å². The summed E-state index contributed by atoms with van der Waals surface area (Å²) in [7, 11) is 0. The average molecular weight is 409 g/mol. The molecule has 158 valence electrons. The number of rotatable bonds is 6. The van der Waals surface area contributed by atoms with Gasteiger partial charge in [0.05, 0.1) is 12.0 Å². The van der Waals surface area contributed by atoms with Gasteiger partial charge in [-0.05, 0) is 39.7 Å². The molecule has 4 rings (SSSR count). The van der Waals surface area contributed by atoms with Crippen molar-refractivity contribution in [1.29, 1.82) is 0 Å². The SMILES string of the molecule is CCOc1ccccc1CNC(=O)C1CCN(c2ncnc3oc(C)c(C)c23)CC1. The fourth-order valence-corrected chi connectivity index (χ4v) is 4.03. The zero-order valence-electron chi connectivity index (χ0n) is 17.8. The van der Waals surface area contributed by atoms with Crippen molar-refractivity contribution < 1.29 is 13.9 Å². The summed E-state index contributed by atoms with van der Waals surface area (Å²) in [4.78, 5) is 23.8. The van der Waals surface area contributed by atoms with Gasteiger partial charge in [0, 0.05) is 36.7 Å². The maximum Gasteiger partial charge on any atom is 0.231 e. The lowest BCUT2D eigenvalue weighted by Gasteiger charge is -2.32. The van der Waals surface area contributed by atoms with Crippen LogP contribution in [-0.2, 0) is 11.3 Å². The van der Waals surface area contributed by atoms with Crippen molar-refractivity contribution in [2.45, 2.75) is 40.2 Å². The monoisotopic (exact) mass is 408 g/mol. The second kappa shape index (κ2) is 8.73. The molecule has 1 aliphatic heterocycles. The number of benzene rings is 1. The summed E-state index contributed by atoms with van der Waals surface area (Å²) in [6.45, 7) is 8.59. The highest BCUT2D eigenvalue weighted by Crippen LogP contribution is 2.32. The van der Waals surface area contributed by atoms with Gasteiger partial charge in [0.2, 0.25) is 11.6 Å². The first-order valence-electron chi connectivity index (χ1n) is 10.5. The Hall–Kier alpha value is -3.09. The first-order chi connectivity index (χ1) is 14.6. The highest BCUT2D eigenvalue weighted by molar-refractivity contribution is 5.90. The van der Waals surface area contributed by atoms with Crippen molar-refractivity contribution in [3.8, 4) is 5.75 Å². The number of carbonyl (C=O) groups is 1. The Balaban J connectivity index is 1.38. The smallest absolute Gasteiger partial charge is 0.231 e. The molecule has 0 radical (unpaired) electrons. The first-order valence-corrected chi connectivity index (χ1v) is 10.5. The van der Waals surface area contributed by atoms with Crippen molar-refractivity contribution in [2.75, 3.05) is 24.6 Å². The number of aromatic nitrogens is 2. The largest absolute Gasteiger partial charge is 0.494 e. The standard InChI is InChI=1S/C23H28N4O3/c1-4-29-19-8-6-5-7-18(19)13-24-22(28)17-9-11-27(12-10-17)21-20-15(2)16(3)30-23(20)26-14-25-21/h5-8,14,17H,4,9-13H2,1-3H3,(H,24,28). The van der Waals surface area contributed by atoms with Crippen molar-refractivity contribution in [3.63, 3.8) is 0 Å². The van der Waals surface area contributed by atoms with Crippen LogP contribution in [0.4, 0.5) is 5.82 Å². The number of nitrogens with zero attached hydrogens (tertiary/aromatic N) is 3. The molecule has 0 saturated carbocycles. The van der Waals surface area contributed by atoms with Gasteiger partial charge >= 0.3 is 0 Å². The van der Waals surface area contributed by atoms with Crippen LogP contribution in [0, 0.1) is 19.8 Å².